The average Bonchev–Trinajstić information content (AvgIpc) is 3.20. The van der Waals surface area contributed by atoms with Crippen LogP contribution in [0.25, 0.3) is 0 Å². The number of carbonyl (C=O) groups excluding carboxylic acids is 4. The Kier molecular flexibility index (Phi) is 8.41. The van der Waals surface area contributed by atoms with Gasteiger partial charge in [0.15, 0.2) is 5.78 Å². The molecule has 0 saturated heterocycles. The highest BCUT2D eigenvalue weighted by atomic mass is 32.2. The SMILES string of the molecule is CN(C)C(=O)Sc1ccccc1NC(=O)CCC(=O)CCC(=O)c1cccs1. The molecule has 0 bridgehead atoms. The summed E-state index contributed by atoms with van der Waals surface area (Å²) in [6.07, 6.45) is 0.406. The van der Waals surface area contributed by atoms with Gasteiger partial charge in [-0.1, -0.05) is 18.2 Å². The van der Waals surface area contributed by atoms with Gasteiger partial charge in [0.1, 0.15) is 5.78 Å². The number of hydrogen-bond donors (Lipinski definition) is 1. The summed E-state index contributed by atoms with van der Waals surface area (Å²) in [6, 6.07) is 10.6. The Morgan fingerprint density at radius 1 is 0.964 bits per heavy atom. The maximum Gasteiger partial charge on any atom is 0.286 e. The number of nitrogens with one attached hydrogen (secondary N) is 1. The zero-order valence-electron chi connectivity index (χ0n) is 15.8. The predicted molar refractivity (Wildman–Crippen MR) is 112 cm³/mol. The molecule has 1 heterocycles. The van der Waals surface area contributed by atoms with Gasteiger partial charge in [-0.05, 0) is 35.3 Å². The van der Waals surface area contributed by atoms with Crippen molar-refractivity contribution >= 4 is 51.5 Å². The second kappa shape index (κ2) is 10.8. The summed E-state index contributed by atoms with van der Waals surface area (Å²) < 4.78 is 0. The summed E-state index contributed by atoms with van der Waals surface area (Å²) in [7, 11) is 3.32. The van der Waals surface area contributed by atoms with E-state index in [9.17, 15) is 19.2 Å². The quantitative estimate of drug-likeness (QED) is 0.480. The largest absolute Gasteiger partial charge is 0.339 e. The van der Waals surface area contributed by atoms with Crippen LogP contribution in [0.4, 0.5) is 10.5 Å². The Labute approximate surface area is 172 Å². The number of rotatable bonds is 9. The Morgan fingerprint density at radius 2 is 1.68 bits per heavy atom. The minimum absolute atomic E-state index is 0.0344. The van der Waals surface area contributed by atoms with Crippen molar-refractivity contribution < 1.29 is 19.2 Å². The van der Waals surface area contributed by atoms with Crippen LogP contribution in [-0.4, -0.2) is 41.7 Å². The van der Waals surface area contributed by atoms with Crippen molar-refractivity contribution in [3.63, 3.8) is 0 Å². The number of Topliss-reactive ketones (excluding diaryl/α,β-unsaturated/α-hetero) is 2. The number of carbonyl (C=O) groups is 4. The van der Waals surface area contributed by atoms with Crippen LogP contribution < -0.4 is 5.32 Å². The van der Waals surface area contributed by atoms with Crippen LogP contribution in [0.15, 0.2) is 46.7 Å². The molecule has 0 fully saturated rings. The first-order valence-electron chi connectivity index (χ1n) is 8.73. The lowest BCUT2D eigenvalue weighted by molar-refractivity contribution is -0.122. The molecule has 28 heavy (non-hydrogen) atoms. The first-order chi connectivity index (χ1) is 13.4. The summed E-state index contributed by atoms with van der Waals surface area (Å²) >= 11 is 2.38. The minimum atomic E-state index is -0.303. The van der Waals surface area contributed by atoms with E-state index in [4.69, 9.17) is 0 Å². The predicted octanol–water partition coefficient (Wildman–Crippen LogP) is 4.47. The number of thiophene rings is 1. The molecule has 1 aromatic heterocycles. The Balaban J connectivity index is 1.80. The van der Waals surface area contributed by atoms with Crippen LogP contribution in [-0.2, 0) is 9.59 Å². The van der Waals surface area contributed by atoms with Gasteiger partial charge in [0, 0.05) is 44.7 Å². The third kappa shape index (κ3) is 6.94. The highest BCUT2D eigenvalue weighted by Crippen LogP contribution is 2.28. The molecule has 0 aliphatic carbocycles. The molecule has 0 aliphatic heterocycles. The minimum Gasteiger partial charge on any atom is -0.339 e. The second-order valence-electron chi connectivity index (χ2n) is 6.25. The smallest absolute Gasteiger partial charge is 0.286 e. The summed E-state index contributed by atoms with van der Waals surface area (Å²) in [6.45, 7) is 0. The molecule has 6 nitrogen and oxygen atoms in total. The number of thioether (sulfide) groups is 1. The number of nitrogens with zero attached hydrogens (tertiary/aromatic N) is 1. The molecule has 2 rings (SSSR count). The van der Waals surface area contributed by atoms with E-state index in [2.05, 4.69) is 5.32 Å². The van der Waals surface area contributed by atoms with Gasteiger partial charge >= 0.3 is 0 Å². The lowest BCUT2D eigenvalue weighted by atomic mass is 10.1. The number of ketones is 2. The average molecular weight is 419 g/mol. The molecule has 2 amide bonds. The van der Waals surface area contributed by atoms with Crippen molar-refractivity contribution in [2.24, 2.45) is 0 Å². The van der Waals surface area contributed by atoms with E-state index in [1.807, 2.05) is 5.38 Å². The highest BCUT2D eigenvalue weighted by Gasteiger charge is 2.14. The molecule has 1 aromatic carbocycles. The van der Waals surface area contributed by atoms with Crippen LogP contribution in [0.5, 0.6) is 0 Å². The molecule has 8 heteroatoms. The lowest BCUT2D eigenvalue weighted by Crippen LogP contribution is -2.17. The zero-order valence-corrected chi connectivity index (χ0v) is 17.4. The van der Waals surface area contributed by atoms with Crippen molar-refractivity contribution in [1.29, 1.82) is 0 Å². The number of amides is 2. The van der Waals surface area contributed by atoms with E-state index < -0.39 is 0 Å². The van der Waals surface area contributed by atoms with E-state index >= 15 is 0 Å². The molecule has 0 atom stereocenters. The van der Waals surface area contributed by atoms with Gasteiger partial charge in [0.2, 0.25) is 5.91 Å². The number of benzene rings is 1. The standard InChI is InChI=1S/C20H22N2O4S2/c1-22(2)20(26)28-17-7-4-3-6-15(17)21-19(25)12-10-14(23)9-11-16(24)18-8-5-13-27-18/h3-8,13H,9-12H2,1-2H3,(H,21,25). The Morgan fingerprint density at radius 3 is 2.36 bits per heavy atom. The van der Waals surface area contributed by atoms with Gasteiger partial charge in [-0.2, -0.15) is 0 Å². The van der Waals surface area contributed by atoms with Crippen molar-refractivity contribution in [3.8, 4) is 0 Å². The maximum absolute atomic E-state index is 12.2. The van der Waals surface area contributed by atoms with Crippen LogP contribution in [0.2, 0.25) is 0 Å². The Bertz CT molecular complexity index is 848. The number of hydrogen-bond acceptors (Lipinski definition) is 6. The summed E-state index contributed by atoms with van der Waals surface area (Å²) in [5.74, 6) is -0.474. The number of para-hydroxylation sites is 1. The van der Waals surface area contributed by atoms with Crippen molar-refractivity contribution in [3.05, 3.63) is 46.7 Å². The second-order valence-corrected chi connectivity index (χ2v) is 8.19. The molecule has 0 radical (unpaired) electrons. The fourth-order valence-electron chi connectivity index (χ4n) is 2.25. The first-order valence-corrected chi connectivity index (χ1v) is 10.4. The van der Waals surface area contributed by atoms with Gasteiger partial charge in [-0.25, -0.2) is 0 Å². The topological polar surface area (TPSA) is 83.6 Å². The zero-order chi connectivity index (χ0) is 20.5. The summed E-state index contributed by atoms with van der Waals surface area (Å²) in [5, 5.41) is 4.42. The highest BCUT2D eigenvalue weighted by molar-refractivity contribution is 8.13. The van der Waals surface area contributed by atoms with Crippen LogP contribution in [0.3, 0.4) is 0 Å². The third-order valence-electron chi connectivity index (χ3n) is 3.78. The van der Waals surface area contributed by atoms with Gasteiger partial charge in [-0.15, -0.1) is 11.3 Å². The summed E-state index contributed by atoms with van der Waals surface area (Å²) in [5.41, 5.74) is 0.535. The van der Waals surface area contributed by atoms with Gasteiger partial charge in [0.25, 0.3) is 5.24 Å². The van der Waals surface area contributed by atoms with Gasteiger partial charge < -0.3 is 10.2 Å². The van der Waals surface area contributed by atoms with Crippen molar-refractivity contribution in [1.82, 2.24) is 4.90 Å². The van der Waals surface area contributed by atoms with Gasteiger partial charge in [0.05, 0.1) is 10.6 Å². The number of anilines is 1. The fourth-order valence-corrected chi connectivity index (χ4v) is 3.69. The lowest BCUT2D eigenvalue weighted by Gasteiger charge is -2.13. The van der Waals surface area contributed by atoms with Crippen LogP contribution >= 0.6 is 23.1 Å². The molecule has 0 aliphatic rings. The third-order valence-corrected chi connectivity index (χ3v) is 5.81. The normalized spacial score (nSPS) is 10.4. The Hall–Kier alpha value is -2.45. The van der Waals surface area contributed by atoms with E-state index in [0.717, 1.165) is 11.8 Å². The molecule has 2 aromatic rings. The maximum atomic E-state index is 12.2. The van der Waals surface area contributed by atoms with E-state index in [0.29, 0.717) is 15.5 Å². The molecule has 0 unspecified atom stereocenters. The van der Waals surface area contributed by atoms with Crippen LogP contribution in [0.1, 0.15) is 35.4 Å². The molecule has 148 valence electrons. The molecule has 1 N–H and O–H groups in total. The molecule has 0 saturated carbocycles. The van der Waals surface area contributed by atoms with Crippen molar-refractivity contribution in [2.45, 2.75) is 30.6 Å². The van der Waals surface area contributed by atoms with E-state index in [1.54, 1.807) is 50.5 Å². The molecule has 0 spiro atoms. The van der Waals surface area contributed by atoms with Crippen molar-refractivity contribution in [2.75, 3.05) is 19.4 Å². The summed E-state index contributed by atoms with van der Waals surface area (Å²) in [4.78, 5) is 50.7. The molecular formula is C20H22N2O4S2. The first kappa shape index (κ1) is 21.8. The molecular weight excluding hydrogens is 396 g/mol. The van der Waals surface area contributed by atoms with E-state index in [-0.39, 0.29) is 48.4 Å². The fraction of sp³-hybridized carbons (Fsp3) is 0.300. The van der Waals surface area contributed by atoms with Gasteiger partial charge in [-0.3, -0.25) is 19.2 Å². The monoisotopic (exact) mass is 418 g/mol. The van der Waals surface area contributed by atoms with E-state index in [1.165, 1.54) is 16.2 Å². The van der Waals surface area contributed by atoms with Crippen LogP contribution in [0, 0.1) is 0 Å².